The molecule has 6 heteroatoms. The summed E-state index contributed by atoms with van der Waals surface area (Å²) in [5.74, 6) is 1.30. The van der Waals surface area contributed by atoms with Gasteiger partial charge in [0.15, 0.2) is 0 Å². The molecule has 1 atom stereocenters. The molecule has 0 aromatic heterocycles. The molecule has 1 saturated heterocycles. The van der Waals surface area contributed by atoms with Crippen LogP contribution in [0.25, 0.3) is 0 Å². The Hall–Kier alpha value is -0.550. The van der Waals surface area contributed by atoms with Crippen LogP contribution >= 0.6 is 24.8 Å². The van der Waals surface area contributed by atoms with Crippen LogP contribution in [-0.2, 0) is 0 Å². The minimum Gasteiger partial charge on any atom is -0.496 e. The number of nitrogens with one attached hydrogen (secondary N) is 1. The van der Waals surface area contributed by atoms with Gasteiger partial charge in [0.2, 0.25) is 0 Å². The van der Waals surface area contributed by atoms with Crippen molar-refractivity contribution in [2.75, 3.05) is 33.3 Å². The molecule has 2 fully saturated rings. The molecule has 1 N–H and O–H groups in total. The Morgan fingerprint density at radius 1 is 1.27 bits per heavy atom. The first-order valence-corrected chi connectivity index (χ1v) is 7.56. The van der Waals surface area contributed by atoms with Gasteiger partial charge in [-0.15, -0.1) is 24.8 Å². The van der Waals surface area contributed by atoms with Gasteiger partial charge in [-0.2, -0.15) is 0 Å². The maximum absolute atomic E-state index is 13.4. The van der Waals surface area contributed by atoms with Crippen LogP contribution in [0.5, 0.6) is 5.75 Å². The fourth-order valence-electron chi connectivity index (χ4n) is 3.10. The molecule has 0 bridgehead atoms. The standard InChI is InChI=1S/C16H23FN2O.2ClH/c1-20-16-11-13(17)4-5-14(16)15(10-12-2-3-12)19-8-6-18-7-9-19;;/h4-5,11-12,15,18H,2-3,6-10H2,1H3;2*1H/t15-;;/m1../s1. The van der Waals surface area contributed by atoms with E-state index in [0.29, 0.717) is 11.8 Å². The fourth-order valence-corrected chi connectivity index (χ4v) is 3.10. The van der Waals surface area contributed by atoms with Crippen molar-refractivity contribution in [3.8, 4) is 5.75 Å². The molecule has 1 aliphatic heterocycles. The summed E-state index contributed by atoms with van der Waals surface area (Å²) in [6, 6.07) is 5.33. The molecule has 1 aliphatic carbocycles. The third kappa shape index (κ3) is 4.72. The van der Waals surface area contributed by atoms with E-state index in [0.717, 1.165) is 37.7 Å². The van der Waals surface area contributed by atoms with Gasteiger partial charge in [-0.05, 0) is 18.4 Å². The number of methoxy groups -OCH3 is 1. The molecule has 1 heterocycles. The molecule has 1 aromatic carbocycles. The number of hydrogen-bond acceptors (Lipinski definition) is 3. The summed E-state index contributed by atoms with van der Waals surface area (Å²) in [6.45, 7) is 4.17. The quantitative estimate of drug-likeness (QED) is 0.880. The van der Waals surface area contributed by atoms with E-state index >= 15 is 0 Å². The van der Waals surface area contributed by atoms with Crippen LogP contribution in [0.3, 0.4) is 0 Å². The molecule has 0 unspecified atom stereocenters. The van der Waals surface area contributed by atoms with Gasteiger partial charge in [0.05, 0.1) is 7.11 Å². The Morgan fingerprint density at radius 3 is 2.55 bits per heavy atom. The van der Waals surface area contributed by atoms with Crippen molar-refractivity contribution in [3.05, 3.63) is 29.6 Å². The average molecular weight is 351 g/mol. The largest absolute Gasteiger partial charge is 0.496 e. The van der Waals surface area contributed by atoms with Crippen LogP contribution in [0.1, 0.15) is 30.9 Å². The monoisotopic (exact) mass is 350 g/mol. The fraction of sp³-hybridized carbons (Fsp3) is 0.625. The highest BCUT2D eigenvalue weighted by atomic mass is 35.5. The van der Waals surface area contributed by atoms with E-state index in [1.165, 1.54) is 25.3 Å². The van der Waals surface area contributed by atoms with Gasteiger partial charge in [-0.25, -0.2) is 4.39 Å². The zero-order valence-corrected chi connectivity index (χ0v) is 14.5. The molecular formula is C16H25Cl2FN2O. The number of benzene rings is 1. The molecule has 3 rings (SSSR count). The minimum atomic E-state index is -0.226. The Labute approximate surface area is 144 Å². The summed E-state index contributed by atoms with van der Waals surface area (Å²) in [7, 11) is 1.63. The van der Waals surface area contributed by atoms with Gasteiger partial charge in [-0.3, -0.25) is 4.90 Å². The number of rotatable bonds is 5. The third-order valence-corrected chi connectivity index (χ3v) is 4.40. The summed E-state index contributed by atoms with van der Waals surface area (Å²) < 4.78 is 18.8. The summed E-state index contributed by atoms with van der Waals surface area (Å²) >= 11 is 0. The lowest BCUT2D eigenvalue weighted by Gasteiger charge is -2.36. The van der Waals surface area contributed by atoms with Crippen molar-refractivity contribution in [1.82, 2.24) is 10.2 Å². The predicted octanol–water partition coefficient (Wildman–Crippen LogP) is 3.42. The van der Waals surface area contributed by atoms with Crippen LogP contribution in [-0.4, -0.2) is 38.2 Å². The van der Waals surface area contributed by atoms with Crippen molar-refractivity contribution in [3.63, 3.8) is 0 Å². The van der Waals surface area contributed by atoms with Crippen molar-refractivity contribution in [2.24, 2.45) is 5.92 Å². The molecule has 1 aromatic rings. The first-order valence-electron chi connectivity index (χ1n) is 7.56. The van der Waals surface area contributed by atoms with Crippen LogP contribution in [0, 0.1) is 11.7 Å². The minimum absolute atomic E-state index is 0. The number of hydrogen-bond donors (Lipinski definition) is 1. The lowest BCUT2D eigenvalue weighted by atomic mass is 9.97. The van der Waals surface area contributed by atoms with E-state index in [-0.39, 0.29) is 30.6 Å². The molecule has 3 nitrogen and oxygen atoms in total. The van der Waals surface area contributed by atoms with E-state index in [9.17, 15) is 4.39 Å². The van der Waals surface area contributed by atoms with E-state index in [2.05, 4.69) is 10.2 Å². The molecule has 22 heavy (non-hydrogen) atoms. The lowest BCUT2D eigenvalue weighted by Crippen LogP contribution is -2.45. The van der Waals surface area contributed by atoms with Crippen molar-refractivity contribution in [1.29, 1.82) is 0 Å². The molecule has 1 saturated carbocycles. The van der Waals surface area contributed by atoms with Gasteiger partial charge in [0.25, 0.3) is 0 Å². The average Bonchev–Trinajstić information content (AvgIpc) is 3.30. The molecule has 126 valence electrons. The highest BCUT2D eigenvalue weighted by Crippen LogP contribution is 2.42. The van der Waals surface area contributed by atoms with Crippen LogP contribution < -0.4 is 10.1 Å². The molecule has 0 amide bonds. The van der Waals surface area contributed by atoms with Gasteiger partial charge in [0, 0.05) is 43.9 Å². The van der Waals surface area contributed by atoms with Gasteiger partial charge in [-0.1, -0.05) is 18.9 Å². The van der Waals surface area contributed by atoms with Crippen molar-refractivity contribution in [2.45, 2.75) is 25.3 Å². The normalized spacial score (nSPS) is 19.7. The van der Waals surface area contributed by atoms with E-state index in [4.69, 9.17) is 4.74 Å². The lowest BCUT2D eigenvalue weighted by molar-refractivity contribution is 0.157. The van der Waals surface area contributed by atoms with Gasteiger partial charge >= 0.3 is 0 Å². The van der Waals surface area contributed by atoms with Crippen LogP contribution in [0.4, 0.5) is 4.39 Å². The Kier molecular flexibility index (Phi) is 7.90. The van der Waals surface area contributed by atoms with Crippen LogP contribution in [0.2, 0.25) is 0 Å². The Bertz CT molecular complexity index is 465. The summed E-state index contributed by atoms with van der Waals surface area (Å²) in [5, 5.41) is 3.39. The summed E-state index contributed by atoms with van der Waals surface area (Å²) in [6.07, 6.45) is 3.85. The smallest absolute Gasteiger partial charge is 0.126 e. The number of halogens is 3. The van der Waals surface area contributed by atoms with Gasteiger partial charge in [0.1, 0.15) is 11.6 Å². The number of piperazine rings is 1. The van der Waals surface area contributed by atoms with E-state index < -0.39 is 0 Å². The number of nitrogens with zero attached hydrogens (tertiary/aromatic N) is 1. The van der Waals surface area contributed by atoms with E-state index in [1.54, 1.807) is 13.2 Å². The van der Waals surface area contributed by atoms with E-state index in [1.807, 2.05) is 6.07 Å². The predicted molar refractivity (Wildman–Crippen MR) is 92.0 cm³/mol. The first kappa shape index (κ1) is 19.5. The second kappa shape index (κ2) is 8.92. The highest BCUT2D eigenvalue weighted by molar-refractivity contribution is 5.85. The Balaban J connectivity index is 0.00000121. The summed E-state index contributed by atoms with van der Waals surface area (Å²) in [4.78, 5) is 2.52. The van der Waals surface area contributed by atoms with Crippen LogP contribution in [0.15, 0.2) is 18.2 Å². The summed E-state index contributed by atoms with van der Waals surface area (Å²) in [5.41, 5.74) is 1.14. The highest BCUT2D eigenvalue weighted by Gasteiger charge is 2.31. The second-order valence-corrected chi connectivity index (χ2v) is 5.87. The van der Waals surface area contributed by atoms with Crippen molar-refractivity contribution >= 4 is 24.8 Å². The number of ether oxygens (including phenoxy) is 1. The van der Waals surface area contributed by atoms with Gasteiger partial charge < -0.3 is 10.1 Å². The molecular weight excluding hydrogens is 326 g/mol. The SMILES string of the molecule is COc1cc(F)ccc1[C@@H](CC1CC1)N1CCNCC1.Cl.Cl. The second-order valence-electron chi connectivity index (χ2n) is 5.87. The topological polar surface area (TPSA) is 24.5 Å². The Morgan fingerprint density at radius 2 is 1.95 bits per heavy atom. The maximum Gasteiger partial charge on any atom is 0.126 e. The molecule has 0 spiro atoms. The zero-order chi connectivity index (χ0) is 13.9. The maximum atomic E-state index is 13.4. The third-order valence-electron chi connectivity index (χ3n) is 4.40. The molecule has 0 radical (unpaired) electrons. The molecule has 2 aliphatic rings. The first-order chi connectivity index (χ1) is 9.78. The zero-order valence-electron chi connectivity index (χ0n) is 12.9. The van der Waals surface area contributed by atoms with Crippen molar-refractivity contribution < 1.29 is 9.13 Å².